The van der Waals surface area contributed by atoms with Crippen LogP contribution >= 0.6 is 0 Å². The average molecular weight is 542 g/mol. The Morgan fingerprint density at radius 2 is 1.46 bits per heavy atom. The number of ether oxygens (including phenoxy) is 2. The molecular formula is C31H34F3NO4. The van der Waals surface area contributed by atoms with Crippen molar-refractivity contribution in [3.8, 4) is 16.9 Å². The van der Waals surface area contributed by atoms with Crippen LogP contribution in [0.5, 0.6) is 5.75 Å². The van der Waals surface area contributed by atoms with Gasteiger partial charge < -0.3 is 14.8 Å². The fraction of sp³-hybridized carbons (Fsp3) is 0.355. The van der Waals surface area contributed by atoms with Gasteiger partial charge in [-0.15, -0.1) is 0 Å². The SMILES string of the molecule is CC(C)(C)OC(=O)C(C)(C)Oc1ccc(CCCC(=O)Nc2ccc(-c3cccc(C(F)(F)F)c3)cc2)cc1. The highest BCUT2D eigenvalue weighted by molar-refractivity contribution is 5.91. The number of amides is 1. The number of halogens is 3. The largest absolute Gasteiger partial charge is 0.476 e. The molecule has 0 aromatic heterocycles. The maximum Gasteiger partial charge on any atom is 0.416 e. The number of carbonyl (C=O) groups is 2. The van der Waals surface area contributed by atoms with Crippen molar-refractivity contribution in [3.63, 3.8) is 0 Å². The molecule has 0 fully saturated rings. The first-order valence-corrected chi connectivity index (χ1v) is 12.7. The van der Waals surface area contributed by atoms with E-state index < -0.39 is 28.9 Å². The Labute approximate surface area is 227 Å². The summed E-state index contributed by atoms with van der Waals surface area (Å²) in [7, 11) is 0. The number of alkyl halides is 3. The van der Waals surface area contributed by atoms with Gasteiger partial charge in [-0.2, -0.15) is 13.2 Å². The third-order valence-electron chi connectivity index (χ3n) is 5.75. The number of nitrogens with one attached hydrogen (secondary N) is 1. The molecular weight excluding hydrogens is 507 g/mol. The molecule has 0 bridgehead atoms. The summed E-state index contributed by atoms with van der Waals surface area (Å²) < 4.78 is 50.2. The van der Waals surface area contributed by atoms with Crippen molar-refractivity contribution in [3.05, 3.63) is 83.9 Å². The van der Waals surface area contributed by atoms with Gasteiger partial charge in [0, 0.05) is 12.1 Å². The molecule has 39 heavy (non-hydrogen) atoms. The Bertz CT molecular complexity index is 1270. The van der Waals surface area contributed by atoms with E-state index in [1.165, 1.54) is 6.07 Å². The minimum Gasteiger partial charge on any atom is -0.476 e. The minimum absolute atomic E-state index is 0.152. The van der Waals surface area contributed by atoms with Crippen LogP contribution in [0.25, 0.3) is 11.1 Å². The third-order valence-corrected chi connectivity index (χ3v) is 5.75. The second-order valence-electron chi connectivity index (χ2n) is 10.8. The molecule has 0 spiro atoms. The van der Waals surface area contributed by atoms with E-state index in [1.807, 2.05) is 12.1 Å². The van der Waals surface area contributed by atoms with Gasteiger partial charge in [-0.25, -0.2) is 4.79 Å². The van der Waals surface area contributed by atoms with E-state index in [4.69, 9.17) is 9.47 Å². The number of anilines is 1. The molecule has 0 atom stereocenters. The van der Waals surface area contributed by atoms with Crippen molar-refractivity contribution in [2.24, 2.45) is 0 Å². The van der Waals surface area contributed by atoms with Gasteiger partial charge in [0.05, 0.1) is 5.56 Å². The van der Waals surface area contributed by atoms with Crippen molar-refractivity contribution in [2.45, 2.75) is 71.3 Å². The van der Waals surface area contributed by atoms with Crippen LogP contribution in [-0.4, -0.2) is 23.1 Å². The lowest BCUT2D eigenvalue weighted by molar-refractivity contribution is -0.170. The van der Waals surface area contributed by atoms with E-state index in [2.05, 4.69) is 5.32 Å². The van der Waals surface area contributed by atoms with Crippen LogP contribution in [0.3, 0.4) is 0 Å². The Hall–Kier alpha value is -3.81. The number of benzene rings is 3. The van der Waals surface area contributed by atoms with Crippen molar-refractivity contribution in [1.29, 1.82) is 0 Å². The van der Waals surface area contributed by atoms with Crippen LogP contribution in [0.2, 0.25) is 0 Å². The molecule has 0 aliphatic carbocycles. The standard InChI is InChI=1S/C31H34F3NO4/c1-29(2,3)39-28(37)30(4,5)38-26-18-12-21(13-19-26)8-6-11-27(36)35-25-16-14-22(15-17-25)23-9-7-10-24(20-23)31(32,33)34/h7,9-10,12-20H,6,8,11H2,1-5H3,(H,35,36). The highest BCUT2D eigenvalue weighted by Gasteiger charge is 2.34. The van der Waals surface area contributed by atoms with E-state index in [-0.39, 0.29) is 5.91 Å². The van der Waals surface area contributed by atoms with Gasteiger partial charge in [-0.05, 0) is 101 Å². The summed E-state index contributed by atoms with van der Waals surface area (Å²) in [5.74, 6) is -0.0581. The van der Waals surface area contributed by atoms with Gasteiger partial charge in [0.15, 0.2) is 5.60 Å². The first-order chi connectivity index (χ1) is 18.1. The molecule has 3 rings (SSSR count). The molecule has 0 saturated carbocycles. The lowest BCUT2D eigenvalue weighted by Crippen LogP contribution is -2.43. The van der Waals surface area contributed by atoms with Gasteiger partial charge in [0.1, 0.15) is 11.4 Å². The van der Waals surface area contributed by atoms with Gasteiger partial charge >= 0.3 is 12.1 Å². The van der Waals surface area contributed by atoms with Crippen LogP contribution in [0.15, 0.2) is 72.8 Å². The molecule has 3 aromatic carbocycles. The van der Waals surface area contributed by atoms with E-state index in [0.29, 0.717) is 41.8 Å². The highest BCUT2D eigenvalue weighted by Crippen LogP contribution is 2.32. The molecule has 0 unspecified atom stereocenters. The molecule has 5 nitrogen and oxygen atoms in total. The summed E-state index contributed by atoms with van der Waals surface area (Å²) in [6, 6.07) is 19.2. The molecule has 0 aliphatic rings. The van der Waals surface area contributed by atoms with Crippen molar-refractivity contribution < 1.29 is 32.2 Å². The molecule has 208 valence electrons. The zero-order valence-corrected chi connectivity index (χ0v) is 22.8. The first kappa shape index (κ1) is 29.7. The second kappa shape index (κ2) is 11.9. The number of carbonyl (C=O) groups excluding carboxylic acids is 2. The summed E-state index contributed by atoms with van der Waals surface area (Å²) in [4.78, 5) is 24.8. The maximum absolute atomic E-state index is 13.0. The van der Waals surface area contributed by atoms with Gasteiger partial charge in [0.2, 0.25) is 5.91 Å². The van der Waals surface area contributed by atoms with Gasteiger partial charge in [-0.1, -0.05) is 36.4 Å². The normalized spacial score (nSPS) is 12.1. The van der Waals surface area contributed by atoms with Crippen molar-refractivity contribution in [1.82, 2.24) is 0 Å². The zero-order valence-electron chi connectivity index (χ0n) is 22.8. The number of rotatable bonds is 9. The molecule has 0 aliphatic heterocycles. The van der Waals surface area contributed by atoms with E-state index >= 15 is 0 Å². The van der Waals surface area contributed by atoms with Crippen molar-refractivity contribution >= 4 is 17.6 Å². The van der Waals surface area contributed by atoms with Crippen LogP contribution in [-0.2, 0) is 26.9 Å². The number of hydrogen-bond donors (Lipinski definition) is 1. The number of aryl methyl sites for hydroxylation is 1. The Morgan fingerprint density at radius 1 is 0.821 bits per heavy atom. The lowest BCUT2D eigenvalue weighted by atomic mass is 10.0. The van der Waals surface area contributed by atoms with Gasteiger partial charge in [0.25, 0.3) is 0 Å². The van der Waals surface area contributed by atoms with Crippen LogP contribution < -0.4 is 10.1 Å². The van der Waals surface area contributed by atoms with Gasteiger partial charge in [-0.3, -0.25) is 4.79 Å². The molecule has 1 N–H and O–H groups in total. The zero-order chi connectivity index (χ0) is 28.8. The fourth-order valence-corrected chi connectivity index (χ4v) is 3.76. The highest BCUT2D eigenvalue weighted by atomic mass is 19.4. The predicted octanol–water partition coefficient (Wildman–Crippen LogP) is 7.83. The summed E-state index contributed by atoms with van der Waals surface area (Å²) in [6.07, 6.45) is -2.80. The van der Waals surface area contributed by atoms with E-state index in [9.17, 15) is 22.8 Å². The Kier molecular flexibility index (Phi) is 9.10. The summed E-state index contributed by atoms with van der Waals surface area (Å²) in [6.45, 7) is 8.72. The summed E-state index contributed by atoms with van der Waals surface area (Å²) in [5, 5.41) is 2.82. The molecule has 0 saturated heterocycles. The minimum atomic E-state index is -4.40. The molecule has 8 heteroatoms. The summed E-state index contributed by atoms with van der Waals surface area (Å²) in [5.41, 5.74) is 0.222. The predicted molar refractivity (Wildman–Crippen MR) is 145 cm³/mol. The maximum atomic E-state index is 13.0. The number of hydrogen-bond acceptors (Lipinski definition) is 4. The monoisotopic (exact) mass is 541 g/mol. The van der Waals surface area contributed by atoms with Crippen molar-refractivity contribution in [2.75, 3.05) is 5.32 Å². The topological polar surface area (TPSA) is 64.6 Å². The second-order valence-corrected chi connectivity index (χ2v) is 10.8. The Balaban J connectivity index is 1.47. The first-order valence-electron chi connectivity index (χ1n) is 12.7. The molecule has 3 aromatic rings. The lowest BCUT2D eigenvalue weighted by Gasteiger charge is -2.29. The van der Waals surface area contributed by atoms with Crippen LogP contribution in [0.1, 0.15) is 58.6 Å². The molecule has 0 heterocycles. The molecule has 0 radical (unpaired) electrons. The molecule has 1 amide bonds. The van der Waals surface area contributed by atoms with E-state index in [1.54, 1.807) is 77.1 Å². The number of esters is 1. The average Bonchev–Trinajstić information content (AvgIpc) is 2.84. The quantitative estimate of drug-likeness (QED) is 0.280. The Morgan fingerprint density at radius 3 is 2.05 bits per heavy atom. The fourth-order valence-electron chi connectivity index (χ4n) is 3.76. The smallest absolute Gasteiger partial charge is 0.416 e. The third kappa shape index (κ3) is 9.16. The summed E-state index contributed by atoms with van der Waals surface area (Å²) >= 11 is 0. The van der Waals surface area contributed by atoms with Crippen LogP contribution in [0.4, 0.5) is 18.9 Å². The van der Waals surface area contributed by atoms with E-state index in [0.717, 1.165) is 17.7 Å². The van der Waals surface area contributed by atoms with Crippen LogP contribution in [0, 0.1) is 0 Å².